The first-order valence-corrected chi connectivity index (χ1v) is 10.3. The van der Waals surface area contributed by atoms with E-state index in [-0.39, 0.29) is 36.4 Å². The van der Waals surface area contributed by atoms with E-state index >= 15 is 0 Å². The number of likely N-dealkylation sites (tertiary alicyclic amines) is 1. The number of halogens is 1. The van der Waals surface area contributed by atoms with Crippen LogP contribution in [0.4, 0.5) is 0 Å². The number of benzene rings is 1. The Hall–Kier alpha value is -2.36. The fourth-order valence-corrected chi connectivity index (χ4v) is 3.68. The molecule has 2 heterocycles. The molecule has 1 aliphatic heterocycles. The summed E-state index contributed by atoms with van der Waals surface area (Å²) in [5.74, 6) is 2.14. The molecule has 0 bridgehead atoms. The lowest BCUT2D eigenvalue weighted by molar-refractivity contribution is -0.128. The second-order valence-corrected chi connectivity index (χ2v) is 7.49. The lowest BCUT2D eigenvalue weighted by atomic mass is 9.98. The van der Waals surface area contributed by atoms with E-state index in [4.69, 9.17) is 4.74 Å². The molecule has 1 aromatic carbocycles. The zero-order chi connectivity index (χ0) is 21.3. The van der Waals surface area contributed by atoms with Crippen LogP contribution in [0.5, 0.6) is 5.75 Å². The standard InChI is InChI=1S/C23H31N5O2.HI/c1-24-23(26-16-22(29)27(2)14-12-20-6-4-5-13-25-20)28-15-11-19(17-28)18-7-9-21(30-3)10-8-18;/h4-10,13,19H,11-12,14-17H2,1-3H3,(H,24,26);1H. The summed E-state index contributed by atoms with van der Waals surface area (Å²) in [6, 6.07) is 14.1. The third-order valence-corrected chi connectivity index (χ3v) is 5.54. The van der Waals surface area contributed by atoms with Crippen LogP contribution in [0.25, 0.3) is 0 Å². The van der Waals surface area contributed by atoms with Gasteiger partial charge in [-0.05, 0) is 36.2 Å². The molecule has 8 heteroatoms. The Morgan fingerprint density at radius 2 is 2.06 bits per heavy atom. The predicted molar refractivity (Wildman–Crippen MR) is 134 cm³/mol. The average molecular weight is 537 g/mol. The number of likely N-dealkylation sites (N-methyl/N-ethyl adjacent to an activating group) is 1. The number of ether oxygens (including phenoxy) is 1. The SMILES string of the molecule is CN=C(NCC(=O)N(C)CCc1ccccn1)N1CCC(c2ccc(OC)cc2)C1.I. The molecule has 168 valence electrons. The molecular formula is C23H32IN5O2. The molecular weight excluding hydrogens is 505 g/mol. The largest absolute Gasteiger partial charge is 0.497 e. The number of amides is 1. The lowest BCUT2D eigenvalue weighted by Crippen LogP contribution is -2.45. The second kappa shape index (κ2) is 12.5. The smallest absolute Gasteiger partial charge is 0.241 e. The van der Waals surface area contributed by atoms with Crippen molar-refractivity contribution in [1.82, 2.24) is 20.1 Å². The number of pyridine rings is 1. The monoisotopic (exact) mass is 537 g/mol. The molecule has 3 rings (SSSR count). The fraction of sp³-hybridized carbons (Fsp3) is 0.435. The predicted octanol–water partition coefficient (Wildman–Crippen LogP) is 2.77. The summed E-state index contributed by atoms with van der Waals surface area (Å²) < 4.78 is 5.25. The molecule has 1 saturated heterocycles. The third kappa shape index (κ3) is 7.09. The van der Waals surface area contributed by atoms with Crippen molar-refractivity contribution >= 4 is 35.8 Å². The van der Waals surface area contributed by atoms with Crippen molar-refractivity contribution in [1.29, 1.82) is 0 Å². The number of guanidine groups is 1. The second-order valence-electron chi connectivity index (χ2n) is 7.49. The Labute approximate surface area is 201 Å². The maximum Gasteiger partial charge on any atom is 0.241 e. The van der Waals surface area contributed by atoms with Crippen molar-refractivity contribution in [3.8, 4) is 5.75 Å². The van der Waals surface area contributed by atoms with Gasteiger partial charge < -0.3 is 19.9 Å². The maximum atomic E-state index is 12.5. The van der Waals surface area contributed by atoms with Crippen molar-refractivity contribution in [2.24, 2.45) is 4.99 Å². The average Bonchev–Trinajstić information content (AvgIpc) is 3.28. The topological polar surface area (TPSA) is 70.1 Å². The number of hydrogen-bond donors (Lipinski definition) is 1. The highest BCUT2D eigenvalue weighted by atomic mass is 127. The minimum atomic E-state index is 0. The zero-order valence-electron chi connectivity index (χ0n) is 18.5. The van der Waals surface area contributed by atoms with Gasteiger partial charge in [-0.2, -0.15) is 0 Å². The van der Waals surface area contributed by atoms with E-state index in [9.17, 15) is 4.79 Å². The van der Waals surface area contributed by atoms with Crippen LogP contribution < -0.4 is 10.1 Å². The van der Waals surface area contributed by atoms with Crippen LogP contribution in [0.3, 0.4) is 0 Å². The summed E-state index contributed by atoms with van der Waals surface area (Å²) in [4.78, 5) is 25.1. The minimum Gasteiger partial charge on any atom is -0.497 e. The summed E-state index contributed by atoms with van der Waals surface area (Å²) >= 11 is 0. The zero-order valence-corrected chi connectivity index (χ0v) is 20.8. The third-order valence-electron chi connectivity index (χ3n) is 5.54. The molecule has 1 N–H and O–H groups in total. The summed E-state index contributed by atoms with van der Waals surface area (Å²) in [5.41, 5.74) is 2.29. The van der Waals surface area contributed by atoms with Crippen molar-refractivity contribution < 1.29 is 9.53 Å². The van der Waals surface area contributed by atoms with Gasteiger partial charge in [-0.15, -0.1) is 24.0 Å². The number of nitrogens with zero attached hydrogens (tertiary/aromatic N) is 4. The van der Waals surface area contributed by atoms with Crippen molar-refractivity contribution in [2.75, 3.05) is 47.4 Å². The molecule has 2 aromatic rings. The highest BCUT2D eigenvalue weighted by molar-refractivity contribution is 14.0. The molecule has 1 unspecified atom stereocenters. The van der Waals surface area contributed by atoms with E-state index in [2.05, 4.69) is 32.3 Å². The van der Waals surface area contributed by atoms with Crippen molar-refractivity contribution in [3.05, 3.63) is 59.9 Å². The molecule has 0 saturated carbocycles. The van der Waals surface area contributed by atoms with E-state index in [1.54, 1.807) is 25.3 Å². The normalized spacial score (nSPS) is 15.9. The summed E-state index contributed by atoms with van der Waals surface area (Å²) in [5, 5.41) is 3.23. The van der Waals surface area contributed by atoms with Gasteiger partial charge in [0.1, 0.15) is 5.75 Å². The molecule has 1 aliphatic rings. The van der Waals surface area contributed by atoms with Crippen LogP contribution in [0.1, 0.15) is 23.6 Å². The number of aliphatic imine (C=N–C) groups is 1. The number of carbonyl (C=O) groups is 1. The van der Waals surface area contributed by atoms with Gasteiger partial charge in [-0.25, -0.2) is 0 Å². The minimum absolute atomic E-state index is 0. The fourth-order valence-electron chi connectivity index (χ4n) is 3.68. The van der Waals surface area contributed by atoms with Crippen LogP contribution >= 0.6 is 24.0 Å². The first-order valence-electron chi connectivity index (χ1n) is 10.3. The van der Waals surface area contributed by atoms with Gasteiger partial charge in [0.25, 0.3) is 0 Å². The van der Waals surface area contributed by atoms with Gasteiger partial charge in [0.05, 0.1) is 13.7 Å². The van der Waals surface area contributed by atoms with Crippen LogP contribution in [0, 0.1) is 0 Å². The Balaban J connectivity index is 0.00000341. The van der Waals surface area contributed by atoms with Gasteiger partial charge in [0.2, 0.25) is 5.91 Å². The molecule has 1 aromatic heterocycles. The Kier molecular flexibility index (Phi) is 10.0. The van der Waals surface area contributed by atoms with Crippen LogP contribution in [-0.2, 0) is 11.2 Å². The van der Waals surface area contributed by atoms with Crippen LogP contribution in [0.2, 0.25) is 0 Å². The number of rotatable bonds is 7. The summed E-state index contributed by atoms with van der Waals surface area (Å²) in [7, 11) is 5.27. The van der Waals surface area contributed by atoms with E-state index in [1.807, 2.05) is 37.4 Å². The Morgan fingerprint density at radius 1 is 1.29 bits per heavy atom. The molecule has 31 heavy (non-hydrogen) atoms. The molecule has 1 amide bonds. The first kappa shape index (κ1) is 24.9. The van der Waals surface area contributed by atoms with E-state index in [0.29, 0.717) is 12.5 Å². The highest BCUT2D eigenvalue weighted by Gasteiger charge is 2.26. The maximum absolute atomic E-state index is 12.5. The molecule has 7 nitrogen and oxygen atoms in total. The van der Waals surface area contributed by atoms with Crippen molar-refractivity contribution in [3.63, 3.8) is 0 Å². The molecule has 1 fully saturated rings. The van der Waals surface area contributed by atoms with Gasteiger partial charge in [0, 0.05) is 58.0 Å². The van der Waals surface area contributed by atoms with Gasteiger partial charge in [-0.3, -0.25) is 14.8 Å². The van der Waals surface area contributed by atoms with Crippen LogP contribution in [0.15, 0.2) is 53.7 Å². The highest BCUT2D eigenvalue weighted by Crippen LogP contribution is 2.28. The Bertz CT molecular complexity index is 845. The van der Waals surface area contributed by atoms with Crippen molar-refractivity contribution in [2.45, 2.75) is 18.8 Å². The Morgan fingerprint density at radius 3 is 2.71 bits per heavy atom. The summed E-state index contributed by atoms with van der Waals surface area (Å²) in [6.07, 6.45) is 3.58. The summed E-state index contributed by atoms with van der Waals surface area (Å²) in [6.45, 7) is 2.67. The van der Waals surface area contributed by atoms with Gasteiger partial charge in [0.15, 0.2) is 5.96 Å². The van der Waals surface area contributed by atoms with E-state index in [0.717, 1.165) is 43.3 Å². The number of aromatic nitrogens is 1. The molecule has 0 radical (unpaired) electrons. The van der Waals surface area contributed by atoms with Crippen LogP contribution in [-0.4, -0.2) is 74.0 Å². The molecule has 0 aliphatic carbocycles. The lowest BCUT2D eigenvalue weighted by Gasteiger charge is -2.23. The molecule has 1 atom stereocenters. The van der Waals surface area contributed by atoms with Gasteiger partial charge >= 0.3 is 0 Å². The number of nitrogens with one attached hydrogen (secondary N) is 1. The van der Waals surface area contributed by atoms with Gasteiger partial charge in [-0.1, -0.05) is 18.2 Å². The van der Waals surface area contributed by atoms with E-state index in [1.165, 1.54) is 5.56 Å². The van der Waals surface area contributed by atoms with E-state index < -0.39 is 0 Å². The molecule has 0 spiro atoms. The number of carbonyl (C=O) groups excluding carboxylic acids is 1. The number of methoxy groups -OCH3 is 1. The number of hydrogen-bond acceptors (Lipinski definition) is 4. The quantitative estimate of drug-likeness (QED) is 0.334. The first-order chi connectivity index (χ1) is 14.6.